The number of aromatic carboxylic acids is 1. The SMILES string of the molecule is CN(C)CC1CCCN1.CN(C)CC1CCCN1c1cnc(Cl)cc1C(=O)O.COC(=O)c1cc(Cl)ncc1F.COC(=O)c1cc(Cl)ncc1N1CCCC1CN(C)C.Cc1cc(=O)[nH]c2ccc(N)cc12.Cc1cc(=O)[nH]c2ccc(NC(=O)c3cc(C#N)ncc3N3CCCC3CN(C)C)cc12.Cc1cc(=O)[nH]c2ccc(NC(=O)c3cc(Cl)ncc3N3CCCC3CN(C)C)cc12.[Br-].[CH3-].[Mg+2]. The summed E-state index contributed by atoms with van der Waals surface area (Å²) in [6.45, 7) is 15.2. The van der Waals surface area contributed by atoms with E-state index >= 15 is 0 Å². The van der Waals surface area contributed by atoms with E-state index < -0.39 is 17.8 Å². The van der Waals surface area contributed by atoms with E-state index in [1.807, 2.05) is 79.3 Å². The third-order valence-corrected chi connectivity index (χ3v) is 24.2. The molecular formula is C99H124BrCl4FMgN22O11. The van der Waals surface area contributed by atoms with Crippen molar-refractivity contribution in [1.82, 2.24) is 69.7 Å². The number of methoxy groups -OCH3 is 2. The van der Waals surface area contributed by atoms with E-state index in [9.17, 15) is 53.1 Å². The number of benzene rings is 3. The fraction of sp³-hybridized carbons (Fsp3) is 0.404. The first-order chi connectivity index (χ1) is 64.8. The fourth-order valence-electron chi connectivity index (χ4n) is 17.4. The number of aromatic amines is 3. The average Bonchev–Trinajstić information content (AvgIpc) is 1.78. The number of fused-ring (bicyclic) bond motifs is 3. The summed E-state index contributed by atoms with van der Waals surface area (Å²) >= 11 is 23.3. The van der Waals surface area contributed by atoms with Crippen molar-refractivity contribution >= 4 is 172 Å². The van der Waals surface area contributed by atoms with E-state index in [0.717, 1.165) is 190 Å². The normalized spacial score (nSPS) is 16.2. The van der Waals surface area contributed by atoms with Gasteiger partial charge in [-0.15, -0.1) is 0 Å². The molecular weight excluding hydrogens is 1940 g/mol. The Morgan fingerprint density at radius 3 is 1.17 bits per heavy atom. The molecule has 11 aromatic rings. The molecule has 5 atom stereocenters. The van der Waals surface area contributed by atoms with Crippen LogP contribution in [0.15, 0.2) is 148 Å². The Morgan fingerprint density at radius 1 is 0.468 bits per heavy atom. The standard InChI is InChI=1S/C24H26N6O2.C23H26ClN5O2.C14H20ClN3O2.C13H18ClN3O2.C10H10N2O.C7H5ClFNO2.C7H16N2.CH3.BrH.Mg/c1-15-9-23(31)28-21-7-6-16(10-19(15)21)27-24(32)20-11-17(12-25)26-13-22(20)30-8-4-5-18(30)14-29(2)3;1-14-9-22(30)27-19-7-6-15(10-17(14)19)26-23(31)18-11-21(24)25-12-20(18)29-8-4-5-16(29)13-28(2)3;1-17(2)9-10-5-4-6-18(10)12-8-16-13(15)7-11(12)14(19)20-3;1-16(2)8-9-4-3-5-17(9)11-7-15-12(14)6-10(11)13(18)19;1-6-4-10(13)12-9-3-2-7(11)5-8(6)9;1-12-7(11)4-2-6(8)10-3-5(4)9;1-9(2)6-7-4-3-5-8-7;;;/h6-7,9-11,13,18H,4-5,8,14H2,1-3H3,(H,27,32)(H,28,31);6-7,9-12,16H,4-5,8,13H2,1-3H3,(H,26,31)(H,27,30);7-8,10H,4-6,9H2,1-3H3;6-7,9H,3-5,8H2,1-2H3,(H,18,19);2-5H,11H2,1H3,(H,12,13);2-3H,1H3;7-8H,3-6H2,1-2H3;1H3;1H;/q;;;;;;;-1;;+2/p-1. The first-order valence-electron chi connectivity index (χ1n) is 44.7. The van der Waals surface area contributed by atoms with E-state index in [1.54, 1.807) is 85.5 Å². The van der Waals surface area contributed by atoms with Gasteiger partial charge in [0.25, 0.3) is 11.8 Å². The maximum atomic E-state index is 13.3. The maximum absolute atomic E-state index is 13.3. The molecule has 0 aliphatic carbocycles. The van der Waals surface area contributed by atoms with Crippen LogP contribution in [-0.4, -0.2) is 303 Å². The predicted octanol–water partition coefficient (Wildman–Crippen LogP) is 11.0. The number of nitrogens with zero attached hydrogens (tertiary/aromatic N) is 15. The van der Waals surface area contributed by atoms with Gasteiger partial charge in [-0.3, -0.25) is 24.0 Å². The fourth-order valence-corrected chi connectivity index (χ4v) is 18.1. The maximum Gasteiger partial charge on any atom is 2.00 e. The smallest absolute Gasteiger partial charge is 1.00 e. The van der Waals surface area contributed by atoms with Gasteiger partial charge in [0.05, 0.1) is 95.8 Å². The molecule has 5 aliphatic rings. The molecule has 9 N–H and O–H groups in total. The number of aryl methyl sites for hydroxylation is 3. The molecule has 5 aliphatic heterocycles. The third-order valence-electron chi connectivity index (χ3n) is 23.4. The van der Waals surface area contributed by atoms with Crippen molar-refractivity contribution in [3.63, 3.8) is 0 Å². The minimum absolute atomic E-state index is 0. The van der Waals surface area contributed by atoms with Crippen LogP contribution in [0, 0.1) is 45.3 Å². The summed E-state index contributed by atoms with van der Waals surface area (Å²) < 4.78 is 21.9. The van der Waals surface area contributed by atoms with Crippen molar-refractivity contribution in [2.45, 2.75) is 115 Å². The summed E-state index contributed by atoms with van der Waals surface area (Å²) in [6, 6.07) is 32.3. The van der Waals surface area contributed by atoms with Gasteiger partial charge in [0.2, 0.25) is 16.7 Å². The summed E-state index contributed by atoms with van der Waals surface area (Å²) in [5.74, 6) is -3.38. The van der Waals surface area contributed by atoms with E-state index in [0.29, 0.717) is 68.2 Å². The summed E-state index contributed by atoms with van der Waals surface area (Å²) in [5, 5.41) is 31.6. The number of likely N-dealkylation sites (N-methyl/N-ethyl adjacent to an activating group) is 5. The minimum atomic E-state index is -0.963. The number of H-pyrrole nitrogens is 3. The Hall–Kier alpha value is -11.0. The van der Waals surface area contributed by atoms with Crippen molar-refractivity contribution in [2.24, 2.45) is 0 Å². The van der Waals surface area contributed by atoms with E-state index in [-0.39, 0.29) is 120 Å². The number of nitrogens with two attached hydrogens (primary N) is 1. The molecule has 0 saturated carbocycles. The molecule has 740 valence electrons. The van der Waals surface area contributed by atoms with Gasteiger partial charge in [0, 0.05) is 157 Å². The molecule has 33 nitrogen and oxygen atoms in total. The molecule has 0 spiro atoms. The van der Waals surface area contributed by atoms with E-state index in [1.165, 1.54) is 45.2 Å². The number of amides is 2. The Balaban J connectivity index is 0.000000228. The van der Waals surface area contributed by atoms with Gasteiger partial charge in [0.15, 0.2) is 5.82 Å². The minimum Gasteiger partial charge on any atom is -1.00 e. The van der Waals surface area contributed by atoms with Crippen LogP contribution in [0.3, 0.4) is 0 Å². The number of nitriles is 1. The largest absolute Gasteiger partial charge is 2.00 e. The molecule has 0 bridgehead atoms. The van der Waals surface area contributed by atoms with Crippen molar-refractivity contribution < 1.29 is 59.9 Å². The number of carbonyl (C=O) groups excluding carboxylic acids is 4. The molecule has 8 aromatic heterocycles. The van der Waals surface area contributed by atoms with E-state index in [4.69, 9.17) is 56.9 Å². The van der Waals surface area contributed by atoms with Crippen molar-refractivity contribution in [2.75, 3.05) is 186 Å². The van der Waals surface area contributed by atoms with Crippen molar-refractivity contribution in [3.8, 4) is 6.07 Å². The zero-order chi connectivity index (χ0) is 98.9. The molecule has 40 heteroatoms. The second kappa shape index (κ2) is 54.7. The molecule has 5 fully saturated rings. The zero-order valence-corrected chi connectivity index (χ0v) is 87.5. The number of carboxylic acid groups (broad SMARTS) is 1. The Morgan fingerprint density at radius 2 is 0.799 bits per heavy atom. The summed E-state index contributed by atoms with van der Waals surface area (Å²) in [4.78, 5) is 143. The molecule has 2 amide bonds. The zero-order valence-electron chi connectivity index (χ0n) is 81.5. The number of hydrogen-bond acceptors (Lipinski definition) is 27. The molecule has 139 heavy (non-hydrogen) atoms. The monoisotopic (exact) mass is 2060 g/mol. The quantitative estimate of drug-likeness (QED) is 0.0109. The van der Waals surface area contributed by atoms with Crippen LogP contribution >= 0.6 is 46.4 Å². The second-order valence-corrected chi connectivity index (χ2v) is 36.8. The first kappa shape index (κ1) is 115. The van der Waals surface area contributed by atoms with Gasteiger partial charge in [0.1, 0.15) is 32.4 Å². The number of rotatable bonds is 21. The number of anilines is 7. The summed E-state index contributed by atoms with van der Waals surface area (Å²) in [7, 11) is 23.1. The number of ether oxygens (including phenoxy) is 2. The average molecular weight is 2060 g/mol. The van der Waals surface area contributed by atoms with Crippen LogP contribution in [0.25, 0.3) is 32.7 Å². The molecule has 0 radical (unpaired) electrons. The van der Waals surface area contributed by atoms with Crippen LogP contribution in [0.4, 0.5) is 44.2 Å². The van der Waals surface area contributed by atoms with Crippen LogP contribution in [-0.2, 0) is 9.47 Å². The topological polar surface area (TPSA) is 402 Å². The van der Waals surface area contributed by atoms with Gasteiger partial charge in [-0.2, -0.15) is 5.26 Å². The molecule has 16 rings (SSSR count). The third kappa shape index (κ3) is 32.8. The number of halogens is 6. The van der Waals surface area contributed by atoms with Crippen molar-refractivity contribution in [1.29, 1.82) is 5.26 Å². The van der Waals surface area contributed by atoms with Crippen LogP contribution in [0.2, 0.25) is 20.6 Å². The molecule has 13 heterocycles. The van der Waals surface area contributed by atoms with Gasteiger partial charge in [-0.05, 0) is 264 Å². The number of nitrogen functional groups attached to an aromatic ring is 1. The van der Waals surface area contributed by atoms with Crippen LogP contribution < -0.4 is 74.9 Å². The molecule has 5 saturated heterocycles. The summed E-state index contributed by atoms with van der Waals surface area (Å²) in [5.41, 5.74) is 16.8. The summed E-state index contributed by atoms with van der Waals surface area (Å²) in [6.07, 6.45) is 18.8. The number of pyridine rings is 8. The van der Waals surface area contributed by atoms with Gasteiger partial charge >= 0.3 is 41.0 Å². The van der Waals surface area contributed by atoms with Crippen LogP contribution in [0.5, 0.6) is 0 Å². The van der Waals surface area contributed by atoms with Gasteiger partial charge < -0.3 is 120 Å². The molecule has 3 aromatic carbocycles. The number of carboxylic acids is 1. The van der Waals surface area contributed by atoms with Crippen molar-refractivity contribution in [3.05, 3.63) is 249 Å². The first-order valence-corrected chi connectivity index (χ1v) is 46.2. The van der Waals surface area contributed by atoms with E-state index in [2.05, 4.69) is 147 Å². The molecule has 5 unspecified atom stereocenters. The number of aromatic nitrogens is 8. The number of nitrogens with one attached hydrogen (secondary N) is 6. The second-order valence-electron chi connectivity index (χ2n) is 35.3. The van der Waals surface area contributed by atoms with Gasteiger partial charge in [-0.1, -0.05) is 46.4 Å². The number of hydrogen-bond donors (Lipinski definition) is 8. The van der Waals surface area contributed by atoms with Crippen LogP contribution in [0.1, 0.15) is 138 Å². The number of esters is 2. The Labute approximate surface area is 856 Å². The Bertz CT molecular complexity index is 6290. The predicted molar refractivity (Wildman–Crippen MR) is 551 cm³/mol. The Kier molecular flexibility index (Phi) is 45.2. The van der Waals surface area contributed by atoms with Gasteiger partial charge in [-0.25, -0.2) is 43.7 Å². The number of carbonyl (C=O) groups is 5.